The van der Waals surface area contributed by atoms with Gasteiger partial charge in [0.1, 0.15) is 0 Å². The van der Waals surface area contributed by atoms with Crippen molar-refractivity contribution in [2.24, 2.45) is 0 Å². The Bertz CT molecular complexity index is 665. The van der Waals surface area contributed by atoms with Crippen LogP contribution in [0.5, 0.6) is 0 Å². The summed E-state index contributed by atoms with van der Waals surface area (Å²) < 4.78 is 0. The summed E-state index contributed by atoms with van der Waals surface area (Å²) in [6.45, 7) is 0. The molecule has 108 valence electrons. The smallest absolute Gasteiger partial charge is 0.224 e. The summed E-state index contributed by atoms with van der Waals surface area (Å²) in [7, 11) is 0. The monoisotopic (exact) mass is 300 g/mol. The molecule has 2 heterocycles. The summed E-state index contributed by atoms with van der Waals surface area (Å²) in [5.41, 5.74) is 3.91. The van der Waals surface area contributed by atoms with Crippen molar-refractivity contribution in [3.63, 3.8) is 0 Å². The van der Waals surface area contributed by atoms with E-state index in [0.29, 0.717) is 12.8 Å². The van der Waals surface area contributed by atoms with Gasteiger partial charge < -0.3 is 10.6 Å². The standard InChI is InChI=1S/C16H16N2O2S/c19-15(5-1-11-7-8-21-10-11)17-13-3-4-14-12(9-13)2-6-16(20)18-14/h3-4,7-10H,1-2,5-6H2,(H,17,19)(H,18,20). The second kappa shape index (κ2) is 6.10. The molecular weight excluding hydrogens is 284 g/mol. The van der Waals surface area contributed by atoms with E-state index >= 15 is 0 Å². The van der Waals surface area contributed by atoms with E-state index in [2.05, 4.69) is 16.0 Å². The fraction of sp³-hybridized carbons (Fsp3) is 0.250. The van der Waals surface area contributed by atoms with Crippen molar-refractivity contribution in [1.82, 2.24) is 0 Å². The highest BCUT2D eigenvalue weighted by atomic mass is 32.1. The lowest BCUT2D eigenvalue weighted by molar-refractivity contribution is -0.117. The first-order valence-corrected chi connectivity index (χ1v) is 7.89. The Kier molecular flexibility index (Phi) is 4.01. The van der Waals surface area contributed by atoms with Gasteiger partial charge in [0.25, 0.3) is 0 Å². The van der Waals surface area contributed by atoms with Crippen LogP contribution in [0.25, 0.3) is 0 Å². The van der Waals surface area contributed by atoms with E-state index in [-0.39, 0.29) is 11.8 Å². The molecule has 0 spiro atoms. The average Bonchev–Trinajstić information content (AvgIpc) is 2.99. The lowest BCUT2D eigenvalue weighted by atomic mass is 10.0. The maximum Gasteiger partial charge on any atom is 0.224 e. The van der Waals surface area contributed by atoms with Gasteiger partial charge in [0.15, 0.2) is 0 Å². The van der Waals surface area contributed by atoms with Gasteiger partial charge in [0.05, 0.1) is 0 Å². The highest BCUT2D eigenvalue weighted by Crippen LogP contribution is 2.25. The number of hydrogen-bond donors (Lipinski definition) is 2. The molecule has 1 aromatic carbocycles. The lowest BCUT2D eigenvalue weighted by Gasteiger charge is -2.17. The van der Waals surface area contributed by atoms with Crippen LogP contribution in [0.15, 0.2) is 35.0 Å². The minimum absolute atomic E-state index is 0.0148. The third-order valence-corrected chi connectivity index (χ3v) is 4.24. The van der Waals surface area contributed by atoms with Gasteiger partial charge in [-0.25, -0.2) is 0 Å². The van der Waals surface area contributed by atoms with Gasteiger partial charge in [-0.3, -0.25) is 9.59 Å². The van der Waals surface area contributed by atoms with Crippen LogP contribution in [-0.4, -0.2) is 11.8 Å². The number of carbonyl (C=O) groups excluding carboxylic acids is 2. The Hall–Kier alpha value is -2.14. The van der Waals surface area contributed by atoms with Crippen molar-refractivity contribution in [3.05, 3.63) is 46.2 Å². The molecule has 1 aliphatic rings. The van der Waals surface area contributed by atoms with Crippen LogP contribution in [0.2, 0.25) is 0 Å². The van der Waals surface area contributed by atoms with Crippen LogP contribution >= 0.6 is 11.3 Å². The van der Waals surface area contributed by atoms with Crippen LogP contribution in [0.1, 0.15) is 24.0 Å². The van der Waals surface area contributed by atoms with E-state index in [9.17, 15) is 9.59 Å². The van der Waals surface area contributed by atoms with Gasteiger partial charge in [-0.1, -0.05) is 0 Å². The molecule has 0 saturated carbocycles. The fourth-order valence-corrected chi connectivity index (χ4v) is 3.08. The van der Waals surface area contributed by atoms with Crippen LogP contribution in [0, 0.1) is 0 Å². The van der Waals surface area contributed by atoms with Crippen molar-refractivity contribution in [2.45, 2.75) is 25.7 Å². The van der Waals surface area contributed by atoms with E-state index in [0.717, 1.165) is 29.8 Å². The predicted molar refractivity (Wildman–Crippen MR) is 84.7 cm³/mol. The molecule has 3 rings (SSSR count). The Morgan fingerprint density at radius 1 is 1.29 bits per heavy atom. The molecule has 5 heteroatoms. The molecule has 0 bridgehead atoms. The number of nitrogens with one attached hydrogen (secondary N) is 2. The fourth-order valence-electron chi connectivity index (χ4n) is 2.38. The van der Waals surface area contributed by atoms with Crippen molar-refractivity contribution in [2.75, 3.05) is 10.6 Å². The first-order valence-electron chi connectivity index (χ1n) is 6.94. The maximum atomic E-state index is 12.0. The number of aryl methyl sites for hydroxylation is 2. The molecule has 0 aliphatic carbocycles. The Labute approximate surface area is 127 Å². The minimum Gasteiger partial charge on any atom is -0.326 e. The Balaban J connectivity index is 1.60. The third-order valence-electron chi connectivity index (χ3n) is 3.51. The largest absolute Gasteiger partial charge is 0.326 e. The Morgan fingerprint density at radius 2 is 2.19 bits per heavy atom. The first-order chi connectivity index (χ1) is 10.2. The van der Waals surface area contributed by atoms with Crippen LogP contribution in [-0.2, 0) is 22.4 Å². The summed E-state index contributed by atoms with van der Waals surface area (Å²) >= 11 is 1.64. The van der Waals surface area contributed by atoms with Gasteiger partial charge >= 0.3 is 0 Å². The average molecular weight is 300 g/mol. The highest BCUT2D eigenvalue weighted by molar-refractivity contribution is 7.07. The van der Waals surface area contributed by atoms with Gasteiger partial charge in [-0.2, -0.15) is 11.3 Å². The summed E-state index contributed by atoms with van der Waals surface area (Å²) in [4.78, 5) is 23.3. The van der Waals surface area contributed by atoms with Gasteiger partial charge in [0, 0.05) is 24.2 Å². The summed E-state index contributed by atoms with van der Waals surface area (Å²) in [5, 5.41) is 9.83. The summed E-state index contributed by atoms with van der Waals surface area (Å²) in [6, 6.07) is 7.66. The zero-order valence-corrected chi connectivity index (χ0v) is 12.3. The molecule has 4 nitrogen and oxygen atoms in total. The molecule has 0 radical (unpaired) electrons. The zero-order chi connectivity index (χ0) is 14.7. The molecule has 2 amide bonds. The van der Waals surface area contributed by atoms with Crippen LogP contribution in [0.3, 0.4) is 0 Å². The SMILES string of the molecule is O=C(CCc1ccsc1)Nc1ccc2c(c1)CCC(=O)N2. The van der Waals surface area contributed by atoms with E-state index in [1.807, 2.05) is 29.6 Å². The third kappa shape index (κ3) is 3.49. The maximum absolute atomic E-state index is 12.0. The van der Waals surface area contributed by atoms with Crippen molar-refractivity contribution in [3.8, 4) is 0 Å². The molecule has 0 unspecified atom stereocenters. The second-order valence-corrected chi connectivity index (χ2v) is 5.88. The van der Waals surface area contributed by atoms with E-state index < -0.39 is 0 Å². The molecule has 2 N–H and O–H groups in total. The minimum atomic E-state index is 0.0148. The first kappa shape index (κ1) is 13.8. The molecule has 0 fully saturated rings. The Morgan fingerprint density at radius 3 is 3.00 bits per heavy atom. The number of hydrogen-bond acceptors (Lipinski definition) is 3. The highest BCUT2D eigenvalue weighted by Gasteiger charge is 2.15. The molecule has 1 aliphatic heterocycles. The molecule has 0 atom stereocenters. The number of benzene rings is 1. The van der Waals surface area contributed by atoms with Gasteiger partial charge in [-0.15, -0.1) is 0 Å². The zero-order valence-electron chi connectivity index (χ0n) is 11.5. The number of carbonyl (C=O) groups is 2. The second-order valence-electron chi connectivity index (χ2n) is 5.10. The number of rotatable bonds is 4. The summed E-state index contributed by atoms with van der Waals surface area (Å²) in [5.74, 6) is 0.0658. The van der Waals surface area contributed by atoms with E-state index in [1.165, 1.54) is 5.56 Å². The molecule has 1 aromatic heterocycles. The van der Waals surface area contributed by atoms with E-state index in [1.54, 1.807) is 11.3 Å². The topological polar surface area (TPSA) is 58.2 Å². The van der Waals surface area contributed by atoms with Gasteiger partial charge in [0.2, 0.25) is 11.8 Å². The molecule has 21 heavy (non-hydrogen) atoms. The van der Waals surface area contributed by atoms with E-state index in [4.69, 9.17) is 0 Å². The lowest BCUT2D eigenvalue weighted by Crippen LogP contribution is -2.19. The molecular formula is C16H16N2O2S. The van der Waals surface area contributed by atoms with Crippen molar-refractivity contribution >= 4 is 34.5 Å². The quantitative estimate of drug-likeness (QED) is 0.911. The van der Waals surface area contributed by atoms with Crippen molar-refractivity contribution < 1.29 is 9.59 Å². The normalized spacial score (nSPS) is 13.4. The molecule has 0 saturated heterocycles. The van der Waals surface area contributed by atoms with Crippen LogP contribution < -0.4 is 10.6 Å². The number of amides is 2. The molecule has 2 aromatic rings. The predicted octanol–water partition coefficient (Wildman–Crippen LogP) is 3.20. The summed E-state index contributed by atoms with van der Waals surface area (Å²) in [6.07, 6.45) is 2.46. The number of anilines is 2. The number of thiophene rings is 1. The van der Waals surface area contributed by atoms with Gasteiger partial charge in [-0.05, 0) is 59.0 Å². The van der Waals surface area contributed by atoms with Crippen LogP contribution in [0.4, 0.5) is 11.4 Å². The number of fused-ring (bicyclic) bond motifs is 1. The van der Waals surface area contributed by atoms with Crippen molar-refractivity contribution in [1.29, 1.82) is 0 Å².